The van der Waals surface area contributed by atoms with E-state index in [1.54, 1.807) is 0 Å². The van der Waals surface area contributed by atoms with Gasteiger partial charge in [0.25, 0.3) is 0 Å². The second-order valence-electron chi connectivity index (χ2n) is 10.1. The Kier molecular flexibility index (Phi) is 28.5. The summed E-state index contributed by atoms with van der Waals surface area (Å²) in [5.41, 5.74) is 0.951. The largest absolute Gasteiger partial charge is 1.00 e. The Balaban J connectivity index is -0.000000102. The smallest absolute Gasteiger partial charge is 0.753 e. The van der Waals surface area contributed by atoms with Gasteiger partial charge in [0.1, 0.15) is 0 Å². The molecule has 31 heavy (non-hydrogen) atoms. The standard InChI is InChI=1S/2C9H18N.C4H10O.CNS.Cu.2Li/c2*1-8(2)6-5-7-9(3,4)10-8;1-3-5-4-2;2-1-3;;;/h2*5-7H2,1-4H3;3-4H2,1-2H3;;;;/q2*-1;;-1;3*+1. The molecule has 2 fully saturated rings. The molecule has 178 valence electrons. The Labute approximate surface area is 234 Å². The minimum absolute atomic E-state index is 0. The first-order chi connectivity index (χ1) is 12.7. The maximum absolute atomic E-state index is 7.13. The van der Waals surface area contributed by atoms with Gasteiger partial charge >= 0.3 is 54.8 Å². The van der Waals surface area contributed by atoms with Gasteiger partial charge in [-0.1, -0.05) is 106 Å². The maximum Gasteiger partial charge on any atom is 1.00 e. The number of hydrogen-bond acceptors (Lipinski definition) is 2. The third-order valence-electron chi connectivity index (χ3n) is 4.77. The van der Waals surface area contributed by atoms with E-state index in [1.165, 1.54) is 43.7 Å². The molecule has 0 spiro atoms. The summed E-state index contributed by atoms with van der Waals surface area (Å²) in [5, 5.41) is 18.0. The molecule has 0 aromatic rings. The van der Waals surface area contributed by atoms with E-state index in [1.807, 2.05) is 13.8 Å². The van der Waals surface area contributed by atoms with Crippen LogP contribution in [0.2, 0.25) is 0 Å². The summed E-state index contributed by atoms with van der Waals surface area (Å²) in [5.74, 6) is 0. The molecule has 2 aliphatic heterocycles. The maximum atomic E-state index is 7.13. The third kappa shape index (κ3) is 27.5. The molecule has 0 aromatic heterocycles. The first kappa shape index (κ1) is 42.5. The molecule has 2 heterocycles. The molecule has 0 atom stereocenters. The molecule has 0 bridgehead atoms. The SMILES string of the molecule is CC1(C)CCCC(C)(C)[N-]1.CC1(C)CCCC(C)(C)[N-]1.CCOCC.[Cu+].[Li+].[Li+].[N-]=C=S. The van der Waals surface area contributed by atoms with Crippen molar-refractivity contribution in [1.82, 2.24) is 0 Å². The summed E-state index contributed by atoms with van der Waals surface area (Å²) in [6.07, 6.45) is 7.72. The molecule has 2 rings (SSSR count). The average molecular weight is 490 g/mol. The predicted molar refractivity (Wildman–Crippen MR) is 129 cm³/mol. The van der Waals surface area contributed by atoms with Crippen molar-refractivity contribution in [2.75, 3.05) is 13.2 Å². The van der Waals surface area contributed by atoms with Crippen molar-refractivity contribution < 1.29 is 59.5 Å². The van der Waals surface area contributed by atoms with Crippen molar-refractivity contribution in [3.05, 3.63) is 16.0 Å². The topological polar surface area (TPSA) is 59.7 Å². The monoisotopic (exact) mass is 489 g/mol. The summed E-state index contributed by atoms with van der Waals surface area (Å²) >= 11 is 3.70. The van der Waals surface area contributed by atoms with Crippen LogP contribution in [-0.4, -0.2) is 40.5 Å². The van der Waals surface area contributed by atoms with Crippen LogP contribution in [0.5, 0.6) is 0 Å². The molecule has 0 aliphatic carbocycles. The zero-order valence-corrected chi connectivity index (χ0v) is 24.4. The Hall–Kier alpha value is 1.39. The second kappa shape index (κ2) is 20.7. The van der Waals surface area contributed by atoms with E-state index in [4.69, 9.17) is 20.8 Å². The second-order valence-corrected chi connectivity index (χ2v) is 10.2. The van der Waals surface area contributed by atoms with Crippen LogP contribution in [0.4, 0.5) is 0 Å². The predicted octanol–water partition coefficient (Wildman–Crippen LogP) is 1.91. The summed E-state index contributed by atoms with van der Waals surface area (Å²) in [6.45, 7) is 23.5. The van der Waals surface area contributed by atoms with Crippen molar-refractivity contribution >= 4 is 17.4 Å². The molecule has 0 saturated carbocycles. The van der Waals surface area contributed by atoms with Gasteiger partial charge in [0.2, 0.25) is 0 Å². The summed E-state index contributed by atoms with van der Waals surface area (Å²) in [7, 11) is 0. The van der Waals surface area contributed by atoms with Crippen LogP contribution < -0.4 is 37.7 Å². The average Bonchev–Trinajstić information content (AvgIpc) is 2.45. The number of hydrogen-bond donors (Lipinski definition) is 0. The van der Waals surface area contributed by atoms with Crippen molar-refractivity contribution in [3.8, 4) is 0 Å². The Bertz CT molecular complexity index is 394. The van der Waals surface area contributed by atoms with Gasteiger partial charge in [-0.05, 0) is 13.8 Å². The fourth-order valence-corrected chi connectivity index (χ4v) is 3.97. The molecule has 2 saturated heterocycles. The Morgan fingerprint density at radius 3 is 0.968 bits per heavy atom. The molecule has 0 aromatic carbocycles. The van der Waals surface area contributed by atoms with Gasteiger partial charge in [-0.3, -0.25) is 0 Å². The molecule has 0 unspecified atom stereocenters. The zero-order chi connectivity index (χ0) is 22.5. The molecule has 0 radical (unpaired) electrons. The first-order valence-electron chi connectivity index (χ1n) is 10.7. The van der Waals surface area contributed by atoms with Crippen LogP contribution in [0.25, 0.3) is 16.0 Å². The fourth-order valence-electron chi connectivity index (χ4n) is 3.97. The van der Waals surface area contributed by atoms with Crippen molar-refractivity contribution in [2.45, 2.75) is 130 Å². The minimum Gasteiger partial charge on any atom is -0.753 e. The summed E-state index contributed by atoms with van der Waals surface area (Å²) in [6, 6.07) is 0. The number of nitrogens with zero attached hydrogens (tertiary/aromatic N) is 3. The molecule has 0 amide bonds. The van der Waals surface area contributed by atoms with Crippen molar-refractivity contribution in [2.24, 2.45) is 0 Å². The Morgan fingerprint density at radius 1 is 0.710 bits per heavy atom. The van der Waals surface area contributed by atoms with Crippen LogP contribution in [0, 0.1) is 0 Å². The molecule has 8 heteroatoms. The molecule has 0 N–H and O–H groups in total. The van der Waals surface area contributed by atoms with Crippen molar-refractivity contribution in [3.63, 3.8) is 0 Å². The van der Waals surface area contributed by atoms with Crippen molar-refractivity contribution in [1.29, 1.82) is 0 Å². The van der Waals surface area contributed by atoms with E-state index in [0.717, 1.165) is 13.2 Å². The van der Waals surface area contributed by atoms with E-state index in [0.29, 0.717) is 0 Å². The van der Waals surface area contributed by atoms with Gasteiger partial charge in [-0.15, -0.1) is 22.2 Å². The molecule has 4 nitrogen and oxygen atoms in total. The van der Waals surface area contributed by atoms with E-state index in [-0.39, 0.29) is 76.9 Å². The van der Waals surface area contributed by atoms with Gasteiger partial charge in [0.15, 0.2) is 0 Å². The van der Waals surface area contributed by atoms with Gasteiger partial charge in [-0.2, -0.15) is 5.16 Å². The van der Waals surface area contributed by atoms with Crippen LogP contribution >= 0.6 is 12.2 Å². The molecular formula is C23H46CuLi2N3OS. The van der Waals surface area contributed by atoms with Gasteiger partial charge in [0.05, 0.1) is 0 Å². The summed E-state index contributed by atoms with van der Waals surface area (Å²) in [4.78, 5) is 0. The van der Waals surface area contributed by atoms with Gasteiger partial charge in [-0.25, -0.2) is 0 Å². The number of ether oxygens (including phenoxy) is 1. The van der Waals surface area contributed by atoms with E-state index < -0.39 is 0 Å². The van der Waals surface area contributed by atoms with E-state index in [9.17, 15) is 0 Å². The van der Waals surface area contributed by atoms with Crippen LogP contribution in [0.3, 0.4) is 0 Å². The van der Waals surface area contributed by atoms with Gasteiger partial charge < -0.3 is 20.8 Å². The van der Waals surface area contributed by atoms with Crippen LogP contribution in [0.15, 0.2) is 0 Å². The quantitative estimate of drug-likeness (QED) is 0.338. The molecule has 2 aliphatic rings. The van der Waals surface area contributed by atoms with E-state index in [2.05, 4.69) is 67.6 Å². The normalized spacial score (nSPS) is 21.0. The molecular weight excluding hydrogens is 444 g/mol. The van der Waals surface area contributed by atoms with Gasteiger partial charge in [0, 0.05) is 13.2 Å². The van der Waals surface area contributed by atoms with Crippen LogP contribution in [-0.2, 0) is 21.8 Å². The number of rotatable bonds is 2. The third-order valence-corrected chi connectivity index (χ3v) is 4.77. The Morgan fingerprint density at radius 2 is 0.903 bits per heavy atom. The fraction of sp³-hybridized carbons (Fsp3) is 0.957. The number of thiocarbonyl (C=S) groups is 1. The number of isothiocyanates is 1. The minimum atomic E-state index is 0. The first-order valence-corrected chi connectivity index (χ1v) is 11.1. The zero-order valence-electron chi connectivity index (χ0n) is 22.6. The summed E-state index contributed by atoms with van der Waals surface area (Å²) < 4.78 is 4.83. The van der Waals surface area contributed by atoms with Crippen LogP contribution in [0.1, 0.15) is 108 Å². The number of piperidine rings is 2. The van der Waals surface area contributed by atoms with E-state index >= 15 is 0 Å².